The van der Waals surface area contributed by atoms with Crippen molar-refractivity contribution in [2.24, 2.45) is 0 Å². The number of carbonyl (C=O) groups is 1. The Morgan fingerprint density at radius 3 is 2.64 bits per heavy atom. The maximum Gasteiger partial charge on any atom is 0.266 e. The predicted octanol–water partition coefficient (Wildman–Crippen LogP) is 5.30. The molecule has 0 aliphatic heterocycles. The molecule has 1 amide bonds. The number of amides is 1. The van der Waals surface area contributed by atoms with Crippen molar-refractivity contribution >= 4 is 56.8 Å². The molecule has 2 aromatic rings. The number of hydrogen-bond donors (Lipinski definition) is 1. The summed E-state index contributed by atoms with van der Waals surface area (Å²) in [5, 5.41) is 12.5. The lowest BCUT2D eigenvalue weighted by molar-refractivity contribution is -0.112. The van der Waals surface area contributed by atoms with Crippen LogP contribution < -0.4 is 5.32 Å². The van der Waals surface area contributed by atoms with E-state index in [9.17, 15) is 10.1 Å². The second kappa shape index (κ2) is 7.46. The van der Waals surface area contributed by atoms with Gasteiger partial charge < -0.3 is 5.32 Å². The van der Waals surface area contributed by atoms with E-state index in [2.05, 4.69) is 21.2 Å². The molecule has 0 spiro atoms. The van der Waals surface area contributed by atoms with Crippen molar-refractivity contribution in [3.8, 4) is 6.07 Å². The molecular formula is C16H9BrCl2N2O. The maximum atomic E-state index is 12.2. The van der Waals surface area contributed by atoms with E-state index in [0.717, 1.165) is 10.0 Å². The van der Waals surface area contributed by atoms with Gasteiger partial charge in [-0.15, -0.1) is 0 Å². The molecule has 0 aliphatic carbocycles. The highest BCUT2D eigenvalue weighted by Gasteiger charge is 2.11. The van der Waals surface area contributed by atoms with E-state index in [1.807, 2.05) is 18.2 Å². The normalized spacial score (nSPS) is 10.9. The molecule has 0 bridgehead atoms. The summed E-state index contributed by atoms with van der Waals surface area (Å²) in [6.07, 6.45) is 1.50. The van der Waals surface area contributed by atoms with Gasteiger partial charge in [-0.05, 0) is 42.0 Å². The third-order valence-corrected chi connectivity index (χ3v) is 3.75. The van der Waals surface area contributed by atoms with Gasteiger partial charge in [0.05, 0.1) is 10.7 Å². The minimum atomic E-state index is -0.535. The third kappa shape index (κ3) is 4.35. The highest BCUT2D eigenvalue weighted by molar-refractivity contribution is 9.10. The molecule has 2 rings (SSSR count). The topological polar surface area (TPSA) is 52.9 Å². The molecule has 22 heavy (non-hydrogen) atoms. The zero-order valence-electron chi connectivity index (χ0n) is 11.1. The molecule has 0 saturated heterocycles. The number of nitriles is 1. The first kappa shape index (κ1) is 16.6. The van der Waals surface area contributed by atoms with Crippen LogP contribution in [0.4, 0.5) is 5.69 Å². The Morgan fingerprint density at radius 1 is 1.23 bits per heavy atom. The summed E-state index contributed by atoms with van der Waals surface area (Å²) in [4.78, 5) is 12.2. The second-order valence-corrected chi connectivity index (χ2v) is 6.06. The maximum absolute atomic E-state index is 12.2. The first-order valence-electron chi connectivity index (χ1n) is 6.13. The molecule has 0 radical (unpaired) electrons. The van der Waals surface area contributed by atoms with Gasteiger partial charge in [0.15, 0.2) is 0 Å². The highest BCUT2D eigenvalue weighted by Crippen LogP contribution is 2.26. The monoisotopic (exact) mass is 394 g/mol. The standard InChI is InChI=1S/C16H9BrCl2N2O/c17-12-3-1-2-10(7-12)6-11(9-20)16(22)21-15-5-4-13(18)8-14(15)19/h1-8H,(H,21,22)/b11-6+. The average molecular weight is 396 g/mol. The van der Waals surface area contributed by atoms with E-state index in [4.69, 9.17) is 23.2 Å². The van der Waals surface area contributed by atoms with Crippen molar-refractivity contribution in [1.82, 2.24) is 0 Å². The Kier molecular flexibility index (Phi) is 5.62. The lowest BCUT2D eigenvalue weighted by Crippen LogP contribution is -2.13. The van der Waals surface area contributed by atoms with Crippen molar-refractivity contribution in [3.63, 3.8) is 0 Å². The van der Waals surface area contributed by atoms with Crippen LogP contribution in [0.5, 0.6) is 0 Å². The van der Waals surface area contributed by atoms with Gasteiger partial charge in [-0.25, -0.2) is 0 Å². The van der Waals surface area contributed by atoms with Gasteiger partial charge in [0.1, 0.15) is 11.6 Å². The van der Waals surface area contributed by atoms with E-state index < -0.39 is 5.91 Å². The predicted molar refractivity (Wildman–Crippen MR) is 92.8 cm³/mol. The summed E-state index contributed by atoms with van der Waals surface area (Å²) in [5.74, 6) is -0.535. The number of halogens is 3. The summed E-state index contributed by atoms with van der Waals surface area (Å²) in [6, 6.07) is 13.9. The lowest BCUT2D eigenvalue weighted by Gasteiger charge is -2.07. The fourth-order valence-corrected chi connectivity index (χ4v) is 2.56. The number of nitrogens with one attached hydrogen (secondary N) is 1. The zero-order chi connectivity index (χ0) is 16.1. The summed E-state index contributed by atoms with van der Waals surface area (Å²) >= 11 is 15.1. The van der Waals surface area contributed by atoms with Crippen molar-refractivity contribution in [2.45, 2.75) is 0 Å². The quantitative estimate of drug-likeness (QED) is 0.566. The Hall–Kier alpha value is -1.80. The number of hydrogen-bond acceptors (Lipinski definition) is 2. The van der Waals surface area contributed by atoms with Crippen molar-refractivity contribution in [3.05, 3.63) is 68.1 Å². The number of nitrogens with zero attached hydrogens (tertiary/aromatic N) is 1. The molecule has 0 aromatic heterocycles. The van der Waals surface area contributed by atoms with Gasteiger partial charge in [-0.2, -0.15) is 5.26 Å². The molecule has 110 valence electrons. The van der Waals surface area contributed by atoms with Crippen LogP contribution in [0.25, 0.3) is 6.08 Å². The van der Waals surface area contributed by atoms with E-state index in [1.165, 1.54) is 12.1 Å². The molecule has 3 nitrogen and oxygen atoms in total. The summed E-state index contributed by atoms with van der Waals surface area (Å²) in [5.41, 5.74) is 1.11. The average Bonchev–Trinajstić information content (AvgIpc) is 2.47. The summed E-state index contributed by atoms with van der Waals surface area (Å²) in [6.45, 7) is 0. The molecule has 0 saturated carbocycles. The Bertz CT molecular complexity index is 797. The van der Waals surface area contributed by atoms with Gasteiger partial charge >= 0.3 is 0 Å². The Balaban J connectivity index is 2.24. The van der Waals surface area contributed by atoms with Crippen LogP contribution in [0.15, 0.2) is 52.5 Å². The van der Waals surface area contributed by atoms with Crippen molar-refractivity contribution in [1.29, 1.82) is 5.26 Å². The molecule has 0 fully saturated rings. The smallest absolute Gasteiger partial charge is 0.266 e. The van der Waals surface area contributed by atoms with Crippen LogP contribution >= 0.6 is 39.1 Å². The Labute approximate surface area is 146 Å². The van der Waals surface area contributed by atoms with Crippen LogP contribution in [-0.2, 0) is 4.79 Å². The number of rotatable bonds is 3. The fraction of sp³-hybridized carbons (Fsp3) is 0. The largest absolute Gasteiger partial charge is 0.320 e. The molecular weight excluding hydrogens is 387 g/mol. The summed E-state index contributed by atoms with van der Waals surface area (Å²) < 4.78 is 0.861. The molecule has 1 N–H and O–H groups in total. The third-order valence-electron chi connectivity index (χ3n) is 2.70. The lowest BCUT2D eigenvalue weighted by atomic mass is 10.1. The number of carbonyl (C=O) groups excluding carboxylic acids is 1. The van der Waals surface area contributed by atoms with Gasteiger partial charge in [-0.1, -0.05) is 51.3 Å². The van der Waals surface area contributed by atoms with Crippen molar-refractivity contribution < 1.29 is 4.79 Å². The zero-order valence-corrected chi connectivity index (χ0v) is 14.2. The minimum Gasteiger partial charge on any atom is -0.320 e. The molecule has 6 heteroatoms. The van der Waals surface area contributed by atoms with Crippen molar-refractivity contribution in [2.75, 3.05) is 5.32 Å². The number of anilines is 1. The Morgan fingerprint density at radius 2 is 2.00 bits per heavy atom. The van der Waals surface area contributed by atoms with E-state index >= 15 is 0 Å². The van der Waals surface area contributed by atoms with Gasteiger partial charge in [-0.3, -0.25) is 4.79 Å². The first-order chi connectivity index (χ1) is 10.5. The van der Waals surface area contributed by atoms with Crippen LogP contribution in [0.2, 0.25) is 10.0 Å². The molecule has 0 aliphatic rings. The molecule has 0 heterocycles. The summed E-state index contributed by atoms with van der Waals surface area (Å²) in [7, 11) is 0. The van der Waals surface area contributed by atoms with Gasteiger partial charge in [0.25, 0.3) is 5.91 Å². The van der Waals surface area contributed by atoms with Crippen LogP contribution in [0.3, 0.4) is 0 Å². The molecule has 2 aromatic carbocycles. The van der Waals surface area contributed by atoms with E-state index in [0.29, 0.717) is 15.7 Å². The van der Waals surface area contributed by atoms with Crippen LogP contribution in [0, 0.1) is 11.3 Å². The highest BCUT2D eigenvalue weighted by atomic mass is 79.9. The van der Waals surface area contributed by atoms with E-state index in [1.54, 1.807) is 24.3 Å². The minimum absolute atomic E-state index is 0.0240. The molecule has 0 atom stereocenters. The van der Waals surface area contributed by atoms with Gasteiger partial charge in [0, 0.05) is 9.50 Å². The second-order valence-electron chi connectivity index (χ2n) is 4.30. The first-order valence-corrected chi connectivity index (χ1v) is 7.68. The molecule has 0 unspecified atom stereocenters. The van der Waals surface area contributed by atoms with Crippen LogP contribution in [-0.4, -0.2) is 5.91 Å². The van der Waals surface area contributed by atoms with Crippen LogP contribution in [0.1, 0.15) is 5.56 Å². The van der Waals surface area contributed by atoms with E-state index in [-0.39, 0.29) is 5.57 Å². The van der Waals surface area contributed by atoms with Gasteiger partial charge in [0.2, 0.25) is 0 Å². The fourth-order valence-electron chi connectivity index (χ4n) is 1.69. The number of benzene rings is 2. The SMILES string of the molecule is N#C/C(=C\c1cccc(Br)c1)C(=O)Nc1ccc(Cl)cc1Cl.